The molecule has 0 bridgehead atoms. The third kappa shape index (κ3) is 4.22. The number of fused-ring (bicyclic) bond motifs is 1. The first-order chi connectivity index (χ1) is 16.7. The molecule has 168 valence electrons. The van der Waals surface area contributed by atoms with Gasteiger partial charge in [0.05, 0.1) is 23.7 Å². The van der Waals surface area contributed by atoms with Crippen molar-refractivity contribution in [3.05, 3.63) is 113 Å². The Bertz CT molecular complexity index is 1400. The summed E-state index contributed by atoms with van der Waals surface area (Å²) in [7, 11) is 1.65. The molecule has 0 saturated carbocycles. The lowest BCUT2D eigenvalue weighted by atomic mass is 10.0. The second-order valence-corrected chi connectivity index (χ2v) is 9.01. The molecule has 0 aromatic heterocycles. The van der Waals surface area contributed by atoms with E-state index in [4.69, 9.17) is 9.73 Å². The third-order valence-corrected chi connectivity index (χ3v) is 6.90. The van der Waals surface area contributed by atoms with E-state index in [0.29, 0.717) is 10.1 Å². The van der Waals surface area contributed by atoms with Crippen LogP contribution in [0.3, 0.4) is 0 Å². The summed E-state index contributed by atoms with van der Waals surface area (Å²) >= 11 is 1.40. The van der Waals surface area contributed by atoms with Gasteiger partial charge >= 0.3 is 0 Å². The van der Waals surface area contributed by atoms with E-state index in [1.807, 2.05) is 97.9 Å². The fourth-order valence-corrected chi connectivity index (χ4v) is 5.18. The smallest absolute Gasteiger partial charge is 0.267 e. The summed E-state index contributed by atoms with van der Waals surface area (Å²) in [5.41, 5.74) is 2.76. The molecular formula is C29H24N2O2S. The van der Waals surface area contributed by atoms with Gasteiger partial charge in [0, 0.05) is 5.56 Å². The number of amidine groups is 1. The summed E-state index contributed by atoms with van der Waals surface area (Å²) in [6, 6.07) is 31.7. The normalized spacial score (nSPS) is 17.0. The largest absolute Gasteiger partial charge is 0.496 e. The van der Waals surface area contributed by atoms with Crippen LogP contribution in [0.2, 0.25) is 0 Å². The van der Waals surface area contributed by atoms with Crippen LogP contribution >= 0.6 is 11.8 Å². The van der Waals surface area contributed by atoms with Crippen molar-refractivity contribution in [3.8, 4) is 5.75 Å². The summed E-state index contributed by atoms with van der Waals surface area (Å²) in [4.78, 5) is 21.0. The molecule has 0 N–H and O–H groups in total. The number of carbonyl (C=O) groups is 1. The van der Waals surface area contributed by atoms with E-state index < -0.39 is 0 Å². The number of carbonyl (C=O) groups excluding carboxylic acids is 1. The number of methoxy groups -OCH3 is 1. The maximum atomic E-state index is 13.8. The highest BCUT2D eigenvalue weighted by Gasteiger charge is 2.37. The molecule has 0 radical (unpaired) electrons. The molecule has 34 heavy (non-hydrogen) atoms. The van der Waals surface area contributed by atoms with Crippen LogP contribution in [0.5, 0.6) is 5.75 Å². The lowest BCUT2D eigenvalue weighted by Gasteiger charge is -2.24. The van der Waals surface area contributed by atoms with Gasteiger partial charge in [-0.05, 0) is 59.3 Å². The zero-order chi connectivity index (χ0) is 23.5. The first-order valence-corrected chi connectivity index (χ1v) is 11.9. The van der Waals surface area contributed by atoms with E-state index in [1.165, 1.54) is 11.8 Å². The lowest BCUT2D eigenvalue weighted by molar-refractivity contribution is -0.123. The second kappa shape index (κ2) is 9.57. The van der Waals surface area contributed by atoms with E-state index in [1.54, 1.807) is 12.0 Å². The van der Waals surface area contributed by atoms with Crippen molar-refractivity contribution in [1.29, 1.82) is 0 Å². The van der Waals surface area contributed by atoms with Crippen LogP contribution in [0.1, 0.15) is 24.1 Å². The summed E-state index contributed by atoms with van der Waals surface area (Å²) in [6.45, 7) is 2.04. The molecule has 4 aromatic carbocycles. The van der Waals surface area contributed by atoms with Gasteiger partial charge < -0.3 is 4.74 Å². The molecule has 1 heterocycles. The molecule has 4 aromatic rings. The molecule has 1 fully saturated rings. The summed E-state index contributed by atoms with van der Waals surface area (Å²) < 4.78 is 5.66. The molecule has 0 unspecified atom stereocenters. The van der Waals surface area contributed by atoms with E-state index in [-0.39, 0.29) is 11.9 Å². The minimum Gasteiger partial charge on any atom is -0.496 e. The zero-order valence-electron chi connectivity index (χ0n) is 19.0. The molecule has 1 aliphatic rings. The van der Waals surface area contributed by atoms with Crippen molar-refractivity contribution in [3.63, 3.8) is 0 Å². The number of aliphatic imine (C=N–C) groups is 1. The Morgan fingerprint density at radius 2 is 1.56 bits per heavy atom. The highest BCUT2D eigenvalue weighted by Crippen LogP contribution is 2.41. The third-order valence-electron chi connectivity index (χ3n) is 5.91. The SMILES string of the molecule is COc1ccc2ccccc2c1/C=C1/SC(=Nc2ccccc2)N([C@H](C)c2ccccc2)C1=O. The zero-order valence-corrected chi connectivity index (χ0v) is 19.8. The van der Waals surface area contributed by atoms with Crippen LogP contribution < -0.4 is 4.74 Å². The van der Waals surface area contributed by atoms with Gasteiger partial charge in [0.25, 0.3) is 5.91 Å². The Balaban J connectivity index is 1.63. The second-order valence-electron chi connectivity index (χ2n) is 8.01. The molecule has 0 aliphatic carbocycles. The number of amides is 1. The molecule has 0 spiro atoms. The summed E-state index contributed by atoms with van der Waals surface area (Å²) in [5, 5.41) is 2.80. The molecular weight excluding hydrogens is 440 g/mol. The number of ether oxygens (including phenoxy) is 1. The van der Waals surface area contributed by atoms with Gasteiger partial charge in [0.2, 0.25) is 0 Å². The molecule has 4 nitrogen and oxygen atoms in total. The summed E-state index contributed by atoms with van der Waals surface area (Å²) in [6.07, 6.45) is 1.94. The number of rotatable bonds is 5. The molecule has 1 amide bonds. The Morgan fingerprint density at radius 3 is 2.29 bits per heavy atom. The van der Waals surface area contributed by atoms with Crippen LogP contribution in [-0.4, -0.2) is 23.1 Å². The average molecular weight is 465 g/mol. The Morgan fingerprint density at radius 1 is 0.882 bits per heavy atom. The molecule has 1 aliphatic heterocycles. The van der Waals surface area contributed by atoms with Gasteiger partial charge in [-0.3, -0.25) is 9.69 Å². The van der Waals surface area contributed by atoms with Crippen molar-refractivity contribution in [2.75, 3.05) is 7.11 Å². The number of hydrogen-bond acceptors (Lipinski definition) is 4. The van der Waals surface area contributed by atoms with Gasteiger partial charge in [0.15, 0.2) is 5.17 Å². The first-order valence-electron chi connectivity index (χ1n) is 11.1. The van der Waals surface area contributed by atoms with Crippen molar-refractivity contribution in [2.24, 2.45) is 4.99 Å². The van der Waals surface area contributed by atoms with Crippen LogP contribution in [0, 0.1) is 0 Å². The number of hydrogen-bond donors (Lipinski definition) is 0. The van der Waals surface area contributed by atoms with E-state index >= 15 is 0 Å². The van der Waals surface area contributed by atoms with Gasteiger partial charge in [0.1, 0.15) is 5.75 Å². The predicted octanol–water partition coefficient (Wildman–Crippen LogP) is 7.21. The maximum Gasteiger partial charge on any atom is 0.267 e. The molecule has 5 heteroatoms. The molecule has 1 saturated heterocycles. The van der Waals surface area contributed by atoms with E-state index in [2.05, 4.69) is 12.1 Å². The number of thioether (sulfide) groups is 1. The fraction of sp³-hybridized carbons (Fsp3) is 0.103. The van der Waals surface area contributed by atoms with Gasteiger partial charge in [-0.1, -0.05) is 78.9 Å². The van der Waals surface area contributed by atoms with Gasteiger partial charge in [-0.2, -0.15) is 0 Å². The first kappa shape index (κ1) is 22.0. The average Bonchev–Trinajstić information content (AvgIpc) is 3.19. The standard InChI is InChI=1S/C29H24N2O2S/c1-20(21-11-5-3-6-12-21)31-28(32)27(34-29(31)30-23-14-7-4-8-15-23)19-25-24-16-10-9-13-22(24)17-18-26(25)33-2/h3-20H,1-2H3/b27-19+,30-29?/t20-/m1/s1. The maximum absolute atomic E-state index is 13.8. The highest BCUT2D eigenvalue weighted by atomic mass is 32.2. The Kier molecular flexibility index (Phi) is 6.19. The number of para-hydroxylation sites is 1. The van der Waals surface area contributed by atoms with Crippen molar-refractivity contribution < 1.29 is 9.53 Å². The quantitative estimate of drug-likeness (QED) is 0.293. The predicted molar refractivity (Wildman–Crippen MR) is 141 cm³/mol. The van der Waals surface area contributed by atoms with Crippen molar-refractivity contribution in [2.45, 2.75) is 13.0 Å². The summed E-state index contributed by atoms with van der Waals surface area (Å²) in [5.74, 6) is 0.668. The fourth-order valence-electron chi connectivity index (χ4n) is 4.13. The highest BCUT2D eigenvalue weighted by molar-refractivity contribution is 8.18. The monoisotopic (exact) mass is 464 g/mol. The Labute approximate surface area is 203 Å². The van der Waals surface area contributed by atoms with Crippen LogP contribution in [0.4, 0.5) is 5.69 Å². The van der Waals surface area contributed by atoms with Crippen LogP contribution in [0.15, 0.2) is 107 Å². The minimum absolute atomic E-state index is 0.0639. The Hall–Kier alpha value is -3.83. The lowest BCUT2D eigenvalue weighted by Crippen LogP contribution is -2.32. The van der Waals surface area contributed by atoms with Gasteiger partial charge in [-0.25, -0.2) is 4.99 Å². The number of nitrogens with zero attached hydrogens (tertiary/aromatic N) is 2. The van der Waals surface area contributed by atoms with Crippen LogP contribution in [0.25, 0.3) is 16.8 Å². The van der Waals surface area contributed by atoms with Crippen molar-refractivity contribution >= 4 is 45.4 Å². The topological polar surface area (TPSA) is 41.9 Å². The van der Waals surface area contributed by atoms with Crippen LogP contribution in [-0.2, 0) is 4.79 Å². The minimum atomic E-state index is -0.163. The molecule has 5 rings (SSSR count). The van der Waals surface area contributed by atoms with Gasteiger partial charge in [-0.15, -0.1) is 0 Å². The molecule has 1 atom stereocenters. The van der Waals surface area contributed by atoms with E-state index in [0.717, 1.165) is 33.3 Å². The van der Waals surface area contributed by atoms with E-state index in [9.17, 15) is 4.79 Å². The van der Waals surface area contributed by atoms with Crippen molar-refractivity contribution in [1.82, 2.24) is 4.90 Å². The number of benzene rings is 4.